The second kappa shape index (κ2) is 6.83. The maximum Gasteiger partial charge on any atom is 0.291 e. The van der Waals surface area contributed by atoms with Gasteiger partial charge in [0.05, 0.1) is 5.69 Å². The lowest BCUT2D eigenvalue weighted by atomic mass is 10.2. The van der Waals surface area contributed by atoms with Gasteiger partial charge in [0.1, 0.15) is 0 Å². The van der Waals surface area contributed by atoms with Crippen LogP contribution >= 0.6 is 24.8 Å². The van der Waals surface area contributed by atoms with E-state index >= 15 is 0 Å². The van der Waals surface area contributed by atoms with Gasteiger partial charge in [0.15, 0.2) is 6.39 Å². The molecule has 0 aliphatic carbocycles. The van der Waals surface area contributed by atoms with E-state index in [0.717, 1.165) is 19.6 Å². The van der Waals surface area contributed by atoms with Crippen molar-refractivity contribution in [3.05, 3.63) is 17.8 Å². The Balaban J connectivity index is 0.00000128. The Labute approximate surface area is 113 Å². The van der Waals surface area contributed by atoms with E-state index < -0.39 is 0 Å². The fraction of sp³-hybridized carbons (Fsp3) is 0.600. The summed E-state index contributed by atoms with van der Waals surface area (Å²) in [6.07, 6.45) is 1.31. The molecule has 1 aromatic rings. The largest absolute Gasteiger partial charge is 0.438 e. The number of rotatable bonds is 1. The van der Waals surface area contributed by atoms with Crippen molar-refractivity contribution in [2.45, 2.75) is 19.9 Å². The second-order valence-electron chi connectivity index (χ2n) is 3.82. The molecular weight excluding hydrogens is 265 g/mol. The van der Waals surface area contributed by atoms with Gasteiger partial charge >= 0.3 is 0 Å². The van der Waals surface area contributed by atoms with E-state index in [1.54, 1.807) is 6.92 Å². The number of nitrogens with zero attached hydrogens (tertiary/aromatic N) is 2. The molecular formula is C10H17Cl2N3O2. The molecule has 1 fully saturated rings. The molecule has 0 spiro atoms. The molecule has 17 heavy (non-hydrogen) atoms. The smallest absolute Gasteiger partial charge is 0.291 e. The van der Waals surface area contributed by atoms with Crippen LogP contribution in [0.15, 0.2) is 10.8 Å². The third-order valence-corrected chi connectivity index (χ3v) is 2.70. The van der Waals surface area contributed by atoms with Crippen molar-refractivity contribution in [3.8, 4) is 0 Å². The fourth-order valence-corrected chi connectivity index (χ4v) is 1.78. The van der Waals surface area contributed by atoms with Crippen LogP contribution in [0.25, 0.3) is 0 Å². The fourth-order valence-electron chi connectivity index (χ4n) is 1.78. The Morgan fingerprint density at radius 1 is 1.59 bits per heavy atom. The van der Waals surface area contributed by atoms with Crippen molar-refractivity contribution in [3.63, 3.8) is 0 Å². The number of amides is 1. The van der Waals surface area contributed by atoms with E-state index in [9.17, 15) is 4.79 Å². The molecule has 98 valence electrons. The minimum atomic E-state index is -0.0565. The molecule has 2 heterocycles. The van der Waals surface area contributed by atoms with Gasteiger partial charge in [-0.3, -0.25) is 4.79 Å². The molecule has 1 amide bonds. The summed E-state index contributed by atoms with van der Waals surface area (Å²) in [7, 11) is 0. The van der Waals surface area contributed by atoms with Crippen LogP contribution in [0.5, 0.6) is 0 Å². The number of oxazole rings is 1. The summed E-state index contributed by atoms with van der Waals surface area (Å²) in [5.74, 6) is 0.308. The molecule has 1 aromatic heterocycles. The maximum atomic E-state index is 12.1. The van der Waals surface area contributed by atoms with Gasteiger partial charge < -0.3 is 14.6 Å². The van der Waals surface area contributed by atoms with Gasteiger partial charge in [0, 0.05) is 25.7 Å². The summed E-state index contributed by atoms with van der Waals surface area (Å²) >= 11 is 0. The zero-order valence-electron chi connectivity index (χ0n) is 9.80. The van der Waals surface area contributed by atoms with Gasteiger partial charge in [0.2, 0.25) is 5.76 Å². The highest BCUT2D eigenvalue weighted by atomic mass is 35.5. The zero-order valence-corrected chi connectivity index (χ0v) is 11.4. The number of carbonyl (C=O) groups excluding carboxylic acids is 1. The number of halogens is 2. The Kier molecular flexibility index (Phi) is 6.52. The highest BCUT2D eigenvalue weighted by molar-refractivity contribution is 5.92. The number of nitrogens with one attached hydrogen (secondary N) is 1. The van der Waals surface area contributed by atoms with Gasteiger partial charge in [-0.2, -0.15) is 0 Å². The number of aryl methyl sites for hydroxylation is 1. The first-order valence-electron chi connectivity index (χ1n) is 5.12. The Bertz CT molecular complexity index is 370. The second-order valence-corrected chi connectivity index (χ2v) is 3.82. The summed E-state index contributed by atoms with van der Waals surface area (Å²) < 4.78 is 5.10. The predicted molar refractivity (Wildman–Crippen MR) is 69.1 cm³/mol. The maximum absolute atomic E-state index is 12.1. The van der Waals surface area contributed by atoms with Crippen molar-refractivity contribution in [1.82, 2.24) is 15.2 Å². The van der Waals surface area contributed by atoms with E-state index in [4.69, 9.17) is 4.42 Å². The summed E-state index contributed by atoms with van der Waals surface area (Å²) in [5.41, 5.74) is 0.658. The molecule has 2 rings (SSSR count). The zero-order chi connectivity index (χ0) is 10.8. The molecule has 0 radical (unpaired) electrons. The van der Waals surface area contributed by atoms with Crippen molar-refractivity contribution in [2.75, 3.05) is 19.6 Å². The lowest BCUT2D eigenvalue weighted by molar-refractivity contribution is 0.0622. The lowest BCUT2D eigenvalue weighted by Gasteiger charge is -2.33. The van der Waals surface area contributed by atoms with Crippen LogP contribution in [0.1, 0.15) is 23.2 Å². The van der Waals surface area contributed by atoms with Gasteiger partial charge in [-0.05, 0) is 13.8 Å². The molecule has 1 saturated heterocycles. The van der Waals surface area contributed by atoms with Crippen LogP contribution in [0, 0.1) is 6.92 Å². The summed E-state index contributed by atoms with van der Waals surface area (Å²) in [6.45, 7) is 6.20. The summed E-state index contributed by atoms with van der Waals surface area (Å²) in [6, 6.07) is 0.204. The molecule has 1 N–H and O–H groups in total. The van der Waals surface area contributed by atoms with Crippen LogP contribution in [0.2, 0.25) is 0 Å². The van der Waals surface area contributed by atoms with Crippen molar-refractivity contribution in [1.29, 1.82) is 0 Å². The molecule has 1 atom stereocenters. The van der Waals surface area contributed by atoms with E-state index in [1.807, 2.05) is 11.8 Å². The topological polar surface area (TPSA) is 58.4 Å². The molecule has 5 nitrogen and oxygen atoms in total. The van der Waals surface area contributed by atoms with Gasteiger partial charge in [-0.25, -0.2) is 4.98 Å². The highest BCUT2D eigenvalue weighted by Gasteiger charge is 2.27. The summed E-state index contributed by atoms with van der Waals surface area (Å²) in [4.78, 5) is 17.8. The van der Waals surface area contributed by atoms with Crippen LogP contribution < -0.4 is 5.32 Å². The van der Waals surface area contributed by atoms with Crippen molar-refractivity contribution in [2.24, 2.45) is 0 Å². The predicted octanol–water partition coefficient (Wildman–Crippen LogP) is 1.26. The SMILES string of the molecule is Cc1ncoc1C(=O)N1CCNCC1C.Cl.Cl. The Morgan fingerprint density at radius 3 is 2.82 bits per heavy atom. The monoisotopic (exact) mass is 281 g/mol. The lowest BCUT2D eigenvalue weighted by Crippen LogP contribution is -2.52. The molecule has 0 aromatic carbocycles. The average molecular weight is 282 g/mol. The van der Waals surface area contributed by atoms with Crippen molar-refractivity contribution < 1.29 is 9.21 Å². The molecule has 7 heteroatoms. The van der Waals surface area contributed by atoms with Crippen LogP contribution in [0.3, 0.4) is 0 Å². The molecule has 1 aliphatic heterocycles. The first-order chi connectivity index (χ1) is 7.20. The van der Waals surface area contributed by atoms with Gasteiger partial charge in [-0.15, -0.1) is 24.8 Å². The first kappa shape index (κ1) is 16.2. The van der Waals surface area contributed by atoms with E-state index in [0.29, 0.717) is 11.5 Å². The van der Waals surface area contributed by atoms with Crippen LogP contribution in [0.4, 0.5) is 0 Å². The standard InChI is InChI=1S/C10H15N3O2.2ClH/c1-7-5-11-3-4-13(7)10(14)9-8(2)12-6-15-9;;/h6-7,11H,3-5H2,1-2H3;2*1H. The normalized spacial score (nSPS) is 19.2. The van der Waals surface area contributed by atoms with E-state index in [1.165, 1.54) is 6.39 Å². The third kappa shape index (κ3) is 3.34. The van der Waals surface area contributed by atoms with Gasteiger partial charge in [-0.1, -0.05) is 0 Å². The number of hydrogen-bond donors (Lipinski definition) is 1. The van der Waals surface area contributed by atoms with Crippen molar-refractivity contribution >= 4 is 30.7 Å². The van der Waals surface area contributed by atoms with Crippen LogP contribution in [-0.4, -0.2) is 41.5 Å². The van der Waals surface area contributed by atoms with E-state index in [-0.39, 0.29) is 36.8 Å². The quantitative estimate of drug-likeness (QED) is 0.842. The van der Waals surface area contributed by atoms with E-state index in [2.05, 4.69) is 10.3 Å². The Hall–Kier alpha value is -0.780. The number of aromatic nitrogens is 1. The Morgan fingerprint density at radius 2 is 2.29 bits per heavy atom. The van der Waals surface area contributed by atoms with Crippen LogP contribution in [-0.2, 0) is 0 Å². The molecule has 1 aliphatic rings. The first-order valence-corrected chi connectivity index (χ1v) is 5.12. The minimum Gasteiger partial charge on any atom is -0.438 e. The highest BCUT2D eigenvalue weighted by Crippen LogP contribution is 2.12. The minimum absolute atomic E-state index is 0. The third-order valence-electron chi connectivity index (χ3n) is 2.70. The number of hydrogen-bond acceptors (Lipinski definition) is 4. The van der Waals surface area contributed by atoms with Gasteiger partial charge in [0.25, 0.3) is 5.91 Å². The molecule has 1 unspecified atom stereocenters. The molecule has 0 saturated carbocycles. The average Bonchev–Trinajstić information content (AvgIpc) is 2.64. The number of piperazine rings is 1. The molecule has 0 bridgehead atoms. The number of carbonyl (C=O) groups is 1. The summed E-state index contributed by atoms with van der Waals surface area (Å²) in [5, 5.41) is 3.24.